The SMILES string of the molecule is Oc1ccc(-c2ccc3c(c2-c2ccc(O)c(C(F)(F)F)c2)Cc2ccccc2-3)cc1C(F)(F)F. The number of halogens is 6. The highest BCUT2D eigenvalue weighted by Crippen LogP contribution is 2.48. The average Bonchev–Trinajstić information content (AvgIpc) is 3.16. The molecule has 1 aliphatic carbocycles. The molecule has 8 heteroatoms. The van der Waals surface area contributed by atoms with Gasteiger partial charge in [0, 0.05) is 0 Å². The zero-order valence-electron chi connectivity index (χ0n) is 17.8. The Labute approximate surface area is 195 Å². The van der Waals surface area contributed by atoms with Gasteiger partial charge in [-0.1, -0.05) is 48.5 Å². The maximum atomic E-state index is 13.6. The van der Waals surface area contributed by atoms with Gasteiger partial charge in [0.2, 0.25) is 0 Å². The maximum Gasteiger partial charge on any atom is 0.419 e. The van der Waals surface area contributed by atoms with E-state index in [-0.39, 0.29) is 16.7 Å². The van der Waals surface area contributed by atoms with Crippen LogP contribution in [0.1, 0.15) is 22.3 Å². The van der Waals surface area contributed by atoms with E-state index < -0.39 is 35.0 Å². The van der Waals surface area contributed by atoms with Crippen LogP contribution in [0.4, 0.5) is 26.3 Å². The fourth-order valence-corrected chi connectivity index (χ4v) is 4.63. The Kier molecular flexibility index (Phi) is 5.09. The lowest BCUT2D eigenvalue weighted by molar-refractivity contribution is -0.139. The normalized spacial score (nSPS) is 13.0. The molecule has 2 N–H and O–H groups in total. The fraction of sp³-hybridized carbons (Fsp3) is 0.111. The molecule has 1 aliphatic rings. The number of hydrogen-bond donors (Lipinski definition) is 2. The number of rotatable bonds is 2. The smallest absolute Gasteiger partial charge is 0.419 e. The lowest BCUT2D eigenvalue weighted by atomic mass is 9.86. The minimum Gasteiger partial charge on any atom is -0.507 e. The van der Waals surface area contributed by atoms with Gasteiger partial charge in [0.15, 0.2) is 0 Å². The maximum absolute atomic E-state index is 13.6. The van der Waals surface area contributed by atoms with Crippen LogP contribution in [-0.2, 0) is 18.8 Å². The van der Waals surface area contributed by atoms with Gasteiger partial charge in [-0.05, 0) is 75.2 Å². The summed E-state index contributed by atoms with van der Waals surface area (Å²) in [5, 5.41) is 19.6. The first-order valence-corrected chi connectivity index (χ1v) is 10.5. The predicted octanol–water partition coefficient (Wildman–Crippen LogP) is 8.04. The second-order valence-corrected chi connectivity index (χ2v) is 8.31. The van der Waals surface area contributed by atoms with Crippen molar-refractivity contribution in [2.45, 2.75) is 18.8 Å². The van der Waals surface area contributed by atoms with Crippen LogP contribution in [0.3, 0.4) is 0 Å². The molecule has 0 aromatic heterocycles. The molecule has 2 nitrogen and oxygen atoms in total. The van der Waals surface area contributed by atoms with Crippen LogP contribution in [0.15, 0.2) is 72.8 Å². The van der Waals surface area contributed by atoms with Crippen LogP contribution in [-0.4, -0.2) is 10.2 Å². The summed E-state index contributed by atoms with van der Waals surface area (Å²) < 4.78 is 81.2. The Bertz CT molecular complexity index is 1470. The van der Waals surface area contributed by atoms with Crippen molar-refractivity contribution < 1.29 is 36.6 Å². The zero-order valence-corrected chi connectivity index (χ0v) is 17.8. The molecule has 0 atom stereocenters. The molecule has 5 rings (SSSR count). The second-order valence-electron chi connectivity index (χ2n) is 8.31. The van der Waals surface area contributed by atoms with E-state index in [9.17, 15) is 36.6 Å². The quantitative estimate of drug-likeness (QED) is 0.248. The number of aromatic hydroxyl groups is 2. The molecule has 0 radical (unpaired) electrons. The standard InChI is InChI=1S/C27H16F6O2/c28-26(29,30)21-12-15(5-9-23(21)34)18-7-8-19-17-4-2-1-3-14(17)11-20(19)25(18)16-6-10-24(35)22(13-16)27(31,32)33/h1-10,12-13,34-35H,11H2. The lowest BCUT2D eigenvalue weighted by Crippen LogP contribution is -2.06. The fourth-order valence-electron chi connectivity index (χ4n) is 4.63. The van der Waals surface area contributed by atoms with Crippen molar-refractivity contribution in [2.24, 2.45) is 0 Å². The molecule has 0 unspecified atom stereocenters. The molecule has 0 spiro atoms. The van der Waals surface area contributed by atoms with Crippen molar-refractivity contribution in [1.29, 1.82) is 0 Å². The Balaban J connectivity index is 1.81. The van der Waals surface area contributed by atoms with Gasteiger partial charge in [-0.3, -0.25) is 0 Å². The molecule has 35 heavy (non-hydrogen) atoms. The second kappa shape index (κ2) is 7.80. The summed E-state index contributed by atoms with van der Waals surface area (Å²) in [6.45, 7) is 0. The first kappa shape index (κ1) is 22.8. The third-order valence-electron chi connectivity index (χ3n) is 6.19. The largest absolute Gasteiger partial charge is 0.507 e. The number of hydrogen-bond acceptors (Lipinski definition) is 2. The van der Waals surface area contributed by atoms with E-state index in [1.807, 2.05) is 24.3 Å². The van der Waals surface area contributed by atoms with Gasteiger partial charge >= 0.3 is 12.4 Å². The molecule has 4 aromatic carbocycles. The molecule has 178 valence electrons. The highest BCUT2D eigenvalue weighted by atomic mass is 19.4. The number of benzene rings is 4. The third kappa shape index (κ3) is 3.88. The first-order valence-electron chi connectivity index (χ1n) is 10.5. The van der Waals surface area contributed by atoms with Gasteiger partial charge in [-0.2, -0.15) is 26.3 Å². The lowest BCUT2D eigenvalue weighted by Gasteiger charge is -2.19. The van der Waals surface area contributed by atoms with Crippen LogP contribution in [0.5, 0.6) is 11.5 Å². The van der Waals surface area contributed by atoms with E-state index >= 15 is 0 Å². The molecule has 0 saturated carbocycles. The summed E-state index contributed by atoms with van der Waals surface area (Å²) in [4.78, 5) is 0. The molecular formula is C27H16F6O2. The Morgan fingerprint density at radius 3 is 1.74 bits per heavy atom. The van der Waals surface area contributed by atoms with E-state index in [4.69, 9.17) is 0 Å². The van der Waals surface area contributed by atoms with Crippen LogP contribution < -0.4 is 0 Å². The molecule has 0 fully saturated rings. The first-order chi connectivity index (χ1) is 16.4. The highest BCUT2D eigenvalue weighted by Gasteiger charge is 2.36. The summed E-state index contributed by atoms with van der Waals surface area (Å²) in [6.07, 6.45) is -9.28. The molecule has 0 bridgehead atoms. The number of phenolic OH excluding ortho intramolecular Hbond substituents is 2. The van der Waals surface area contributed by atoms with E-state index in [0.29, 0.717) is 17.5 Å². The summed E-state index contributed by atoms with van der Waals surface area (Å²) in [5.74, 6) is -1.89. The van der Waals surface area contributed by atoms with Gasteiger partial charge in [0.25, 0.3) is 0 Å². The summed E-state index contributed by atoms with van der Waals surface area (Å²) >= 11 is 0. The van der Waals surface area contributed by atoms with Crippen LogP contribution in [0.2, 0.25) is 0 Å². The number of fused-ring (bicyclic) bond motifs is 3. The Hall–Kier alpha value is -3.94. The molecular weight excluding hydrogens is 470 g/mol. The average molecular weight is 486 g/mol. The summed E-state index contributed by atoms with van der Waals surface area (Å²) in [7, 11) is 0. The third-order valence-corrected chi connectivity index (χ3v) is 6.19. The van der Waals surface area contributed by atoms with Crippen LogP contribution in [0, 0.1) is 0 Å². The summed E-state index contributed by atoms with van der Waals surface area (Å²) in [6, 6.07) is 16.8. The van der Waals surface area contributed by atoms with Gasteiger partial charge in [-0.15, -0.1) is 0 Å². The van der Waals surface area contributed by atoms with Crippen molar-refractivity contribution in [3.05, 3.63) is 95.1 Å². The van der Waals surface area contributed by atoms with Crippen LogP contribution >= 0.6 is 0 Å². The molecule has 0 amide bonds. The summed E-state index contributed by atoms with van der Waals surface area (Å²) in [5.41, 5.74) is 1.61. The van der Waals surface area contributed by atoms with Crippen LogP contribution in [0.25, 0.3) is 33.4 Å². The van der Waals surface area contributed by atoms with Crippen molar-refractivity contribution in [1.82, 2.24) is 0 Å². The zero-order chi connectivity index (χ0) is 25.1. The minimum absolute atomic E-state index is 0.0884. The molecule has 0 heterocycles. The molecule has 0 aliphatic heterocycles. The molecule has 0 saturated heterocycles. The van der Waals surface area contributed by atoms with Crippen molar-refractivity contribution in [2.75, 3.05) is 0 Å². The number of phenols is 2. The van der Waals surface area contributed by atoms with Gasteiger partial charge in [0.1, 0.15) is 11.5 Å². The predicted molar refractivity (Wildman–Crippen MR) is 119 cm³/mol. The Morgan fingerprint density at radius 2 is 1.11 bits per heavy atom. The van der Waals surface area contributed by atoms with Gasteiger partial charge in [-0.25, -0.2) is 0 Å². The Morgan fingerprint density at radius 1 is 0.571 bits per heavy atom. The van der Waals surface area contributed by atoms with E-state index in [2.05, 4.69) is 0 Å². The number of alkyl halides is 6. The topological polar surface area (TPSA) is 40.5 Å². The van der Waals surface area contributed by atoms with Crippen molar-refractivity contribution in [3.8, 4) is 44.9 Å². The molecule has 4 aromatic rings. The monoisotopic (exact) mass is 486 g/mol. The van der Waals surface area contributed by atoms with Gasteiger partial charge < -0.3 is 10.2 Å². The van der Waals surface area contributed by atoms with Gasteiger partial charge in [0.05, 0.1) is 11.1 Å². The highest BCUT2D eigenvalue weighted by molar-refractivity contribution is 5.94. The van der Waals surface area contributed by atoms with E-state index in [1.165, 1.54) is 12.1 Å². The van der Waals surface area contributed by atoms with Crippen molar-refractivity contribution >= 4 is 0 Å². The minimum atomic E-state index is -4.83. The van der Waals surface area contributed by atoms with E-state index in [0.717, 1.165) is 41.0 Å². The van der Waals surface area contributed by atoms with E-state index in [1.54, 1.807) is 12.1 Å². The van der Waals surface area contributed by atoms with Crippen molar-refractivity contribution in [3.63, 3.8) is 0 Å².